The maximum absolute atomic E-state index is 12.3. The minimum Gasteiger partial charge on any atom is -0.354 e. The summed E-state index contributed by atoms with van der Waals surface area (Å²) >= 11 is 0. The number of rotatable bonds is 3. The Kier molecular flexibility index (Phi) is 4.76. The highest BCUT2D eigenvalue weighted by Crippen LogP contribution is 2.22. The number of aromatic nitrogens is 1. The molecule has 0 bridgehead atoms. The van der Waals surface area contributed by atoms with Gasteiger partial charge in [0.2, 0.25) is 0 Å². The van der Waals surface area contributed by atoms with E-state index in [2.05, 4.69) is 10.5 Å². The van der Waals surface area contributed by atoms with Crippen molar-refractivity contribution in [1.82, 2.24) is 10.1 Å². The average molecular weight is 333 g/mol. The predicted octanol–water partition coefficient (Wildman–Crippen LogP) is 2.72. The van der Waals surface area contributed by atoms with Crippen molar-refractivity contribution in [2.24, 2.45) is 0 Å². The van der Waals surface area contributed by atoms with Crippen LogP contribution in [0.5, 0.6) is 0 Å². The van der Waals surface area contributed by atoms with Crippen molar-refractivity contribution in [3.63, 3.8) is 0 Å². The second-order valence-corrected chi connectivity index (χ2v) is 7.26. The van der Waals surface area contributed by atoms with Gasteiger partial charge in [-0.2, -0.15) is 0 Å². The quantitative estimate of drug-likeness (QED) is 0.937. The summed E-state index contributed by atoms with van der Waals surface area (Å²) in [5.74, 6) is 2.31. The normalized spacial score (nSPS) is 20.9. The number of urea groups is 1. The lowest BCUT2D eigenvalue weighted by Gasteiger charge is -2.30. The molecule has 3 rings (SSSR count). The van der Waals surface area contributed by atoms with E-state index in [0.717, 1.165) is 18.4 Å². The van der Waals surface area contributed by atoms with Crippen molar-refractivity contribution in [2.45, 2.75) is 18.9 Å². The molecule has 6 nitrogen and oxygen atoms in total. The van der Waals surface area contributed by atoms with Crippen LogP contribution in [-0.2, 0) is 10.8 Å². The van der Waals surface area contributed by atoms with Gasteiger partial charge in [0.25, 0.3) is 0 Å². The van der Waals surface area contributed by atoms with E-state index in [-0.39, 0.29) is 12.1 Å². The van der Waals surface area contributed by atoms with E-state index >= 15 is 0 Å². The number of hydrogen-bond acceptors (Lipinski definition) is 4. The van der Waals surface area contributed by atoms with Crippen LogP contribution < -0.4 is 5.32 Å². The van der Waals surface area contributed by atoms with E-state index in [1.165, 1.54) is 0 Å². The third-order valence-electron chi connectivity index (χ3n) is 4.03. The van der Waals surface area contributed by atoms with Crippen LogP contribution in [0.25, 0.3) is 11.3 Å². The second kappa shape index (κ2) is 6.95. The lowest BCUT2D eigenvalue weighted by Crippen LogP contribution is -2.43. The van der Waals surface area contributed by atoms with Crippen molar-refractivity contribution in [3.05, 3.63) is 36.4 Å². The number of amides is 2. The van der Waals surface area contributed by atoms with Crippen molar-refractivity contribution in [2.75, 3.05) is 23.9 Å². The summed E-state index contributed by atoms with van der Waals surface area (Å²) in [6, 6.07) is 11.2. The van der Waals surface area contributed by atoms with E-state index in [4.69, 9.17) is 4.52 Å². The molecule has 2 aromatic rings. The Hall–Kier alpha value is -2.15. The molecule has 0 unspecified atom stereocenters. The molecule has 1 aromatic carbocycles. The van der Waals surface area contributed by atoms with Crippen molar-refractivity contribution >= 4 is 22.6 Å². The van der Waals surface area contributed by atoms with Crippen LogP contribution in [0.1, 0.15) is 12.8 Å². The van der Waals surface area contributed by atoms with Crippen LogP contribution in [0, 0.1) is 0 Å². The van der Waals surface area contributed by atoms with E-state index in [1.807, 2.05) is 30.3 Å². The first kappa shape index (κ1) is 15.7. The third kappa shape index (κ3) is 3.79. The molecule has 1 fully saturated rings. The van der Waals surface area contributed by atoms with E-state index in [1.54, 1.807) is 18.0 Å². The van der Waals surface area contributed by atoms with Crippen LogP contribution in [0.2, 0.25) is 0 Å². The monoisotopic (exact) mass is 333 g/mol. The molecule has 0 atom stereocenters. The Morgan fingerprint density at radius 3 is 2.70 bits per heavy atom. The summed E-state index contributed by atoms with van der Waals surface area (Å²) in [5, 5.41) is 6.64. The Balaban J connectivity index is 1.62. The zero-order valence-electron chi connectivity index (χ0n) is 12.9. The molecule has 1 aromatic heterocycles. The molecule has 1 aliphatic heterocycles. The summed E-state index contributed by atoms with van der Waals surface area (Å²) in [6.07, 6.45) is 1.54. The first-order valence-corrected chi connectivity index (χ1v) is 9.03. The Morgan fingerprint density at radius 2 is 2.00 bits per heavy atom. The summed E-state index contributed by atoms with van der Waals surface area (Å²) in [4.78, 5) is 14.0. The molecular weight excluding hydrogens is 314 g/mol. The maximum atomic E-state index is 12.3. The molecule has 23 heavy (non-hydrogen) atoms. The smallest absolute Gasteiger partial charge is 0.323 e. The number of nitrogens with one attached hydrogen (secondary N) is 1. The molecule has 7 heteroatoms. The number of anilines is 1. The van der Waals surface area contributed by atoms with Crippen molar-refractivity contribution < 1.29 is 13.5 Å². The summed E-state index contributed by atoms with van der Waals surface area (Å²) in [6.45, 7) is 0. The zero-order chi connectivity index (χ0) is 16.2. The van der Waals surface area contributed by atoms with Gasteiger partial charge >= 0.3 is 6.03 Å². The first-order valence-electron chi connectivity index (χ1n) is 7.54. The van der Waals surface area contributed by atoms with Gasteiger partial charge in [-0.1, -0.05) is 35.5 Å². The molecule has 0 aliphatic carbocycles. The van der Waals surface area contributed by atoms with Gasteiger partial charge in [-0.15, -0.1) is 0 Å². The predicted molar refractivity (Wildman–Crippen MR) is 89.6 cm³/mol. The summed E-state index contributed by atoms with van der Waals surface area (Å²) in [5.41, 5.74) is 0.906. The topological polar surface area (TPSA) is 75.4 Å². The molecule has 2 heterocycles. The highest BCUT2D eigenvalue weighted by atomic mass is 32.2. The standard InChI is InChI=1S/C16H19N3O3S/c1-19(13-7-9-23(21)10-8-13)16(20)17-15-11-14(22-18-15)12-5-3-2-4-6-12/h2-6,11,13H,7-10H2,1H3,(H,17,18,20). The Bertz CT molecular complexity index is 692. The zero-order valence-corrected chi connectivity index (χ0v) is 13.7. The Morgan fingerprint density at radius 1 is 1.30 bits per heavy atom. The summed E-state index contributed by atoms with van der Waals surface area (Å²) in [7, 11) is 1.02. The molecular formula is C16H19N3O3S. The number of hydrogen-bond donors (Lipinski definition) is 1. The molecule has 0 spiro atoms. The highest BCUT2D eigenvalue weighted by Gasteiger charge is 2.25. The van der Waals surface area contributed by atoms with Crippen LogP contribution in [0.4, 0.5) is 10.6 Å². The molecule has 2 amide bonds. The maximum Gasteiger partial charge on any atom is 0.323 e. The van der Waals surface area contributed by atoms with Gasteiger partial charge < -0.3 is 9.42 Å². The van der Waals surface area contributed by atoms with Gasteiger partial charge in [-0.25, -0.2) is 4.79 Å². The van der Waals surface area contributed by atoms with Crippen LogP contribution in [-0.4, -0.2) is 44.9 Å². The van der Waals surface area contributed by atoms with Crippen LogP contribution in [0.3, 0.4) is 0 Å². The molecule has 1 saturated heterocycles. The fourth-order valence-corrected chi connectivity index (χ4v) is 3.88. The lowest BCUT2D eigenvalue weighted by molar-refractivity contribution is 0.199. The largest absolute Gasteiger partial charge is 0.354 e. The Labute approximate surface area is 137 Å². The van der Waals surface area contributed by atoms with Gasteiger partial charge in [0.05, 0.1) is 0 Å². The fourth-order valence-electron chi connectivity index (χ4n) is 2.60. The fraction of sp³-hybridized carbons (Fsp3) is 0.375. The van der Waals surface area contributed by atoms with Crippen molar-refractivity contribution in [1.29, 1.82) is 0 Å². The number of benzene rings is 1. The van der Waals surface area contributed by atoms with E-state index in [0.29, 0.717) is 23.1 Å². The van der Waals surface area contributed by atoms with E-state index < -0.39 is 10.8 Å². The first-order chi connectivity index (χ1) is 11.1. The average Bonchev–Trinajstić information content (AvgIpc) is 3.04. The second-order valence-electron chi connectivity index (χ2n) is 5.56. The molecule has 122 valence electrons. The number of nitrogens with zero attached hydrogens (tertiary/aromatic N) is 2. The van der Waals surface area contributed by atoms with Gasteiger partial charge in [-0.05, 0) is 12.8 Å². The van der Waals surface area contributed by atoms with Crippen molar-refractivity contribution in [3.8, 4) is 11.3 Å². The summed E-state index contributed by atoms with van der Waals surface area (Å²) < 4.78 is 16.7. The number of carbonyl (C=O) groups is 1. The molecule has 1 aliphatic rings. The van der Waals surface area contributed by atoms with Gasteiger partial charge in [0, 0.05) is 47.0 Å². The van der Waals surface area contributed by atoms with Crippen LogP contribution in [0.15, 0.2) is 40.9 Å². The van der Waals surface area contributed by atoms with Gasteiger partial charge in [-0.3, -0.25) is 9.53 Å². The third-order valence-corrected chi connectivity index (χ3v) is 5.41. The molecule has 0 radical (unpaired) electrons. The van der Waals surface area contributed by atoms with Gasteiger partial charge in [0.15, 0.2) is 11.6 Å². The number of carbonyl (C=O) groups excluding carboxylic acids is 1. The van der Waals surface area contributed by atoms with Gasteiger partial charge in [0.1, 0.15) is 0 Å². The minimum absolute atomic E-state index is 0.119. The SMILES string of the molecule is CN(C(=O)Nc1cc(-c2ccccc2)on1)C1CCS(=O)CC1. The van der Waals surface area contributed by atoms with Crippen LogP contribution >= 0.6 is 0 Å². The molecule has 0 saturated carbocycles. The van der Waals surface area contributed by atoms with E-state index in [9.17, 15) is 9.00 Å². The lowest BCUT2D eigenvalue weighted by atomic mass is 10.1. The molecule has 1 N–H and O–H groups in total. The highest BCUT2D eigenvalue weighted by molar-refractivity contribution is 7.85. The minimum atomic E-state index is -0.732.